The number of para-hydroxylation sites is 1. The molecular weight excluding hydrogens is 343 g/mol. The van der Waals surface area contributed by atoms with E-state index in [0.29, 0.717) is 0 Å². The second-order valence-electron chi connectivity index (χ2n) is 4.45. The van der Waals surface area contributed by atoms with Crippen molar-refractivity contribution >= 4 is 5.71 Å². The molecule has 0 unspecified atom stereocenters. The number of alkyl halides is 3. The van der Waals surface area contributed by atoms with E-state index in [9.17, 15) is 13.2 Å². The van der Waals surface area contributed by atoms with Gasteiger partial charge in [-0.05, 0) is 12.1 Å². The van der Waals surface area contributed by atoms with Crippen LogP contribution in [0.2, 0.25) is 0 Å². The highest BCUT2D eigenvalue weighted by atomic mass is 19.4. The maximum absolute atomic E-state index is 13.2. The average Bonchev–Trinajstić information content (AvgIpc) is 2.59. The molecule has 0 bridgehead atoms. The molecule has 25 heavy (non-hydrogen) atoms. The van der Waals surface area contributed by atoms with Crippen LogP contribution in [0.1, 0.15) is 5.56 Å². The SMILES string of the molecule is CO/N=C(/c1ccccc1Oc1nc(OC)cc(OC)n1)C(F)(F)F. The predicted octanol–water partition coefficient (Wildman–Crippen LogP) is 3.20. The molecule has 0 spiro atoms. The van der Waals surface area contributed by atoms with Gasteiger partial charge in [-0.1, -0.05) is 17.3 Å². The summed E-state index contributed by atoms with van der Waals surface area (Å²) in [4.78, 5) is 12.1. The quantitative estimate of drug-likeness (QED) is 0.584. The number of rotatable bonds is 6. The first-order valence-electron chi connectivity index (χ1n) is 6.81. The van der Waals surface area contributed by atoms with Crippen LogP contribution < -0.4 is 14.2 Å². The van der Waals surface area contributed by atoms with Crippen molar-refractivity contribution in [1.29, 1.82) is 0 Å². The molecule has 7 nitrogen and oxygen atoms in total. The Balaban J connectivity index is 2.47. The van der Waals surface area contributed by atoms with Gasteiger partial charge in [-0.25, -0.2) is 0 Å². The Morgan fingerprint density at radius 1 is 1.00 bits per heavy atom. The van der Waals surface area contributed by atoms with Crippen molar-refractivity contribution in [2.45, 2.75) is 6.18 Å². The Hall–Kier alpha value is -3.04. The van der Waals surface area contributed by atoms with Crippen molar-refractivity contribution < 1.29 is 32.2 Å². The third kappa shape index (κ3) is 4.49. The fourth-order valence-electron chi connectivity index (χ4n) is 1.83. The molecule has 0 amide bonds. The van der Waals surface area contributed by atoms with Crippen molar-refractivity contribution in [1.82, 2.24) is 9.97 Å². The highest BCUT2D eigenvalue weighted by molar-refractivity contribution is 6.06. The van der Waals surface area contributed by atoms with Crippen molar-refractivity contribution in [2.75, 3.05) is 21.3 Å². The van der Waals surface area contributed by atoms with Crippen molar-refractivity contribution in [3.05, 3.63) is 35.9 Å². The first kappa shape index (κ1) is 18.3. The van der Waals surface area contributed by atoms with Crippen LogP contribution in [0, 0.1) is 0 Å². The largest absolute Gasteiger partial charge is 0.481 e. The van der Waals surface area contributed by atoms with Crippen LogP contribution >= 0.6 is 0 Å². The number of hydrogen-bond acceptors (Lipinski definition) is 7. The van der Waals surface area contributed by atoms with Gasteiger partial charge in [0.2, 0.25) is 11.8 Å². The molecule has 0 radical (unpaired) electrons. The van der Waals surface area contributed by atoms with Gasteiger partial charge >= 0.3 is 12.2 Å². The molecule has 0 N–H and O–H groups in total. The Kier molecular flexibility index (Phi) is 5.63. The van der Waals surface area contributed by atoms with E-state index in [4.69, 9.17) is 14.2 Å². The molecule has 10 heteroatoms. The van der Waals surface area contributed by atoms with Gasteiger partial charge in [0.1, 0.15) is 12.9 Å². The Morgan fingerprint density at radius 2 is 1.60 bits per heavy atom. The normalized spacial score (nSPS) is 11.8. The lowest BCUT2D eigenvalue weighted by Crippen LogP contribution is -2.24. The zero-order valence-electron chi connectivity index (χ0n) is 13.5. The smallest absolute Gasteiger partial charge is 0.437 e. The van der Waals surface area contributed by atoms with E-state index in [2.05, 4.69) is 20.0 Å². The third-order valence-corrected chi connectivity index (χ3v) is 2.87. The van der Waals surface area contributed by atoms with E-state index >= 15 is 0 Å². The molecule has 134 valence electrons. The lowest BCUT2D eigenvalue weighted by Gasteiger charge is -2.14. The summed E-state index contributed by atoms with van der Waals surface area (Å²) in [5.74, 6) is 0.0906. The molecule has 1 aromatic heterocycles. The Labute approximate surface area is 141 Å². The fraction of sp³-hybridized carbons (Fsp3) is 0.267. The first-order valence-corrected chi connectivity index (χ1v) is 6.81. The van der Waals surface area contributed by atoms with E-state index < -0.39 is 11.9 Å². The van der Waals surface area contributed by atoms with Crippen molar-refractivity contribution in [3.63, 3.8) is 0 Å². The predicted molar refractivity (Wildman–Crippen MR) is 81.3 cm³/mol. The number of methoxy groups -OCH3 is 2. The van der Waals surface area contributed by atoms with Crippen LogP contribution in [-0.4, -0.2) is 43.2 Å². The van der Waals surface area contributed by atoms with Gasteiger partial charge in [0, 0.05) is 0 Å². The standard InChI is InChI=1S/C15H14F3N3O4/c1-22-11-8-12(23-2)20-14(19-11)25-10-7-5-4-6-9(10)13(21-24-3)15(16,17)18/h4-8H,1-3H3/b21-13-. The maximum Gasteiger partial charge on any atom is 0.437 e. The fourth-order valence-corrected chi connectivity index (χ4v) is 1.83. The Morgan fingerprint density at radius 3 is 2.12 bits per heavy atom. The molecule has 1 heterocycles. The minimum Gasteiger partial charge on any atom is -0.481 e. The number of ether oxygens (including phenoxy) is 3. The number of benzene rings is 1. The zero-order valence-corrected chi connectivity index (χ0v) is 13.5. The number of oxime groups is 1. The van der Waals surface area contributed by atoms with E-state index in [1.54, 1.807) is 0 Å². The van der Waals surface area contributed by atoms with Crippen molar-refractivity contribution in [3.8, 4) is 23.5 Å². The number of aromatic nitrogens is 2. The summed E-state index contributed by atoms with van der Waals surface area (Å²) in [5, 5.41) is 3.06. The molecule has 0 atom stereocenters. The summed E-state index contributed by atoms with van der Waals surface area (Å²) in [6, 6.07) is 6.57. The topological polar surface area (TPSA) is 75.1 Å². The monoisotopic (exact) mass is 357 g/mol. The van der Waals surface area contributed by atoms with Crippen LogP contribution in [0.5, 0.6) is 23.5 Å². The zero-order chi connectivity index (χ0) is 18.4. The summed E-state index contributed by atoms with van der Waals surface area (Å²) in [6.07, 6.45) is -4.75. The van der Waals surface area contributed by atoms with Crippen molar-refractivity contribution in [2.24, 2.45) is 5.16 Å². The van der Waals surface area contributed by atoms with Crippen LogP contribution in [0.4, 0.5) is 13.2 Å². The minimum atomic E-state index is -4.75. The number of nitrogens with zero attached hydrogens (tertiary/aromatic N) is 3. The van der Waals surface area contributed by atoms with E-state index in [1.807, 2.05) is 0 Å². The molecular formula is C15H14F3N3O4. The summed E-state index contributed by atoms with van der Waals surface area (Å²) >= 11 is 0. The number of hydrogen-bond donors (Lipinski definition) is 0. The molecule has 2 aromatic rings. The molecule has 0 aliphatic rings. The van der Waals surface area contributed by atoms with Gasteiger partial charge < -0.3 is 19.0 Å². The van der Waals surface area contributed by atoms with Gasteiger partial charge in [0.15, 0.2) is 5.71 Å². The second kappa shape index (κ2) is 7.69. The summed E-state index contributed by atoms with van der Waals surface area (Å²) in [5.41, 5.74) is -1.58. The molecule has 0 fully saturated rings. The summed E-state index contributed by atoms with van der Waals surface area (Å²) < 4.78 is 55.0. The van der Waals surface area contributed by atoms with E-state index in [-0.39, 0.29) is 29.1 Å². The third-order valence-electron chi connectivity index (χ3n) is 2.87. The van der Waals surface area contributed by atoms with Gasteiger partial charge in [-0.15, -0.1) is 0 Å². The summed E-state index contributed by atoms with van der Waals surface area (Å²) in [7, 11) is 3.75. The lowest BCUT2D eigenvalue weighted by atomic mass is 10.1. The molecule has 2 rings (SSSR count). The summed E-state index contributed by atoms with van der Waals surface area (Å²) in [6.45, 7) is 0. The Bertz CT molecular complexity index is 744. The van der Waals surface area contributed by atoms with Crippen LogP contribution in [0.25, 0.3) is 0 Å². The van der Waals surface area contributed by atoms with Crippen LogP contribution in [0.15, 0.2) is 35.5 Å². The van der Waals surface area contributed by atoms with E-state index in [0.717, 1.165) is 7.11 Å². The van der Waals surface area contributed by atoms with Gasteiger partial charge in [-0.3, -0.25) is 0 Å². The molecule has 1 aromatic carbocycles. The average molecular weight is 357 g/mol. The number of halogens is 3. The van der Waals surface area contributed by atoms with Gasteiger partial charge in [0.05, 0.1) is 25.8 Å². The highest BCUT2D eigenvalue weighted by Crippen LogP contribution is 2.31. The highest BCUT2D eigenvalue weighted by Gasteiger charge is 2.39. The molecule has 0 saturated carbocycles. The maximum atomic E-state index is 13.2. The van der Waals surface area contributed by atoms with Gasteiger partial charge in [0.25, 0.3) is 0 Å². The van der Waals surface area contributed by atoms with Gasteiger partial charge in [-0.2, -0.15) is 23.1 Å². The minimum absolute atomic E-state index is 0.126. The second-order valence-corrected chi connectivity index (χ2v) is 4.45. The lowest BCUT2D eigenvalue weighted by molar-refractivity contribution is -0.0608. The molecule has 0 aliphatic heterocycles. The van der Waals surface area contributed by atoms with Crippen LogP contribution in [-0.2, 0) is 4.84 Å². The first-order chi connectivity index (χ1) is 11.9. The molecule has 0 aliphatic carbocycles. The van der Waals surface area contributed by atoms with E-state index in [1.165, 1.54) is 44.6 Å². The molecule has 0 saturated heterocycles. The van der Waals surface area contributed by atoms with Crippen LogP contribution in [0.3, 0.4) is 0 Å².